The highest BCUT2D eigenvalue weighted by Crippen LogP contribution is 2.30. The summed E-state index contributed by atoms with van der Waals surface area (Å²) in [7, 11) is 4.12. The topological polar surface area (TPSA) is 23.6 Å². The molecule has 0 radical (unpaired) electrons. The second kappa shape index (κ2) is 6.46. The molecule has 0 saturated heterocycles. The molecule has 0 unspecified atom stereocenters. The van der Waals surface area contributed by atoms with Crippen molar-refractivity contribution in [1.82, 2.24) is 9.80 Å². The Labute approximate surface area is 126 Å². The standard InChI is InChI=1S/C17H36N2O/c1-11-17(12-2,13-18(9)16(6,7)8)19(10)14(20)15(3,4)5/h11-13H2,1-10H3. The van der Waals surface area contributed by atoms with Gasteiger partial charge in [-0.1, -0.05) is 34.6 Å². The molecule has 0 aliphatic carbocycles. The minimum absolute atomic E-state index is 0.0909. The van der Waals surface area contributed by atoms with E-state index < -0.39 is 0 Å². The van der Waals surface area contributed by atoms with Crippen molar-refractivity contribution in [1.29, 1.82) is 0 Å². The average Bonchev–Trinajstić information content (AvgIpc) is 2.31. The first-order chi connectivity index (χ1) is 8.81. The lowest BCUT2D eigenvalue weighted by Crippen LogP contribution is -2.59. The van der Waals surface area contributed by atoms with E-state index in [2.05, 4.69) is 46.6 Å². The van der Waals surface area contributed by atoms with Gasteiger partial charge in [0.15, 0.2) is 0 Å². The van der Waals surface area contributed by atoms with Gasteiger partial charge in [-0.3, -0.25) is 9.69 Å². The quantitative estimate of drug-likeness (QED) is 0.767. The van der Waals surface area contributed by atoms with Crippen molar-refractivity contribution < 1.29 is 4.79 Å². The van der Waals surface area contributed by atoms with Gasteiger partial charge in [0, 0.05) is 24.5 Å². The number of carbonyl (C=O) groups excluding carboxylic acids is 1. The van der Waals surface area contributed by atoms with Crippen LogP contribution in [0, 0.1) is 5.41 Å². The first kappa shape index (κ1) is 19.4. The zero-order valence-electron chi connectivity index (χ0n) is 15.4. The van der Waals surface area contributed by atoms with Crippen LogP contribution in [0.4, 0.5) is 0 Å². The average molecular weight is 284 g/mol. The van der Waals surface area contributed by atoms with E-state index in [1.54, 1.807) is 0 Å². The third-order valence-corrected chi connectivity index (χ3v) is 4.65. The first-order valence-electron chi connectivity index (χ1n) is 7.81. The van der Waals surface area contributed by atoms with Crippen LogP contribution in [0.5, 0.6) is 0 Å². The van der Waals surface area contributed by atoms with Crippen LogP contribution in [0.25, 0.3) is 0 Å². The van der Waals surface area contributed by atoms with Crippen LogP contribution in [0.3, 0.4) is 0 Å². The lowest BCUT2D eigenvalue weighted by atomic mass is 9.85. The lowest BCUT2D eigenvalue weighted by Gasteiger charge is -2.48. The van der Waals surface area contributed by atoms with Gasteiger partial charge < -0.3 is 4.90 Å². The number of nitrogens with zero attached hydrogens (tertiary/aromatic N) is 2. The van der Waals surface area contributed by atoms with E-state index in [-0.39, 0.29) is 22.4 Å². The molecule has 0 aliphatic heterocycles. The number of hydrogen-bond acceptors (Lipinski definition) is 2. The van der Waals surface area contributed by atoms with Gasteiger partial charge in [0.25, 0.3) is 0 Å². The Balaban J connectivity index is 5.35. The summed E-state index contributed by atoms with van der Waals surface area (Å²) in [5.74, 6) is 0.225. The third-order valence-electron chi connectivity index (χ3n) is 4.65. The van der Waals surface area contributed by atoms with Gasteiger partial charge in [0.1, 0.15) is 0 Å². The van der Waals surface area contributed by atoms with E-state index in [4.69, 9.17) is 0 Å². The molecular formula is C17H36N2O. The van der Waals surface area contributed by atoms with E-state index >= 15 is 0 Å². The van der Waals surface area contributed by atoms with Crippen molar-refractivity contribution in [2.24, 2.45) is 5.41 Å². The first-order valence-corrected chi connectivity index (χ1v) is 7.81. The van der Waals surface area contributed by atoms with Crippen molar-refractivity contribution in [3.8, 4) is 0 Å². The Morgan fingerprint density at radius 1 is 0.900 bits per heavy atom. The van der Waals surface area contributed by atoms with Crippen LogP contribution in [0.1, 0.15) is 68.2 Å². The number of amides is 1. The van der Waals surface area contributed by atoms with Crippen molar-refractivity contribution >= 4 is 5.91 Å². The highest BCUT2D eigenvalue weighted by atomic mass is 16.2. The maximum Gasteiger partial charge on any atom is 0.228 e. The van der Waals surface area contributed by atoms with E-state index in [9.17, 15) is 4.79 Å². The van der Waals surface area contributed by atoms with Gasteiger partial charge in [-0.25, -0.2) is 0 Å². The molecule has 0 aromatic heterocycles. The highest BCUT2D eigenvalue weighted by Gasteiger charge is 2.40. The molecule has 0 aromatic carbocycles. The normalized spacial score (nSPS) is 13.8. The maximum absolute atomic E-state index is 12.7. The summed E-state index contributed by atoms with van der Waals surface area (Å²) in [5.41, 5.74) is -0.307. The fourth-order valence-corrected chi connectivity index (χ4v) is 2.45. The van der Waals surface area contributed by atoms with Crippen molar-refractivity contribution in [2.75, 3.05) is 20.6 Å². The maximum atomic E-state index is 12.7. The Morgan fingerprint density at radius 2 is 1.30 bits per heavy atom. The second-order valence-electron chi connectivity index (χ2n) is 8.07. The Kier molecular flexibility index (Phi) is 6.28. The van der Waals surface area contributed by atoms with E-state index in [1.807, 2.05) is 32.7 Å². The Bertz CT molecular complexity index is 319. The molecule has 0 fully saturated rings. The second-order valence-corrected chi connectivity index (χ2v) is 8.07. The smallest absolute Gasteiger partial charge is 0.228 e. The summed E-state index contributed by atoms with van der Waals surface area (Å²) >= 11 is 0. The van der Waals surface area contributed by atoms with Gasteiger partial charge in [-0.2, -0.15) is 0 Å². The SMILES string of the molecule is CCC(CC)(CN(C)C(C)(C)C)N(C)C(=O)C(C)(C)C. The number of rotatable bonds is 5. The van der Waals surface area contributed by atoms with Crippen molar-refractivity contribution in [3.05, 3.63) is 0 Å². The molecule has 0 heterocycles. The predicted octanol–water partition coefficient (Wildman–Crippen LogP) is 3.78. The summed E-state index contributed by atoms with van der Waals surface area (Å²) in [5, 5.41) is 0. The summed E-state index contributed by atoms with van der Waals surface area (Å²) < 4.78 is 0. The van der Waals surface area contributed by atoms with Crippen LogP contribution in [0.15, 0.2) is 0 Å². The predicted molar refractivity (Wildman–Crippen MR) is 87.9 cm³/mol. The molecule has 1 amide bonds. The molecule has 0 bridgehead atoms. The minimum Gasteiger partial charge on any atom is -0.338 e. The summed E-state index contributed by atoms with van der Waals surface area (Å²) in [6.07, 6.45) is 1.95. The molecule has 0 rings (SSSR count). The van der Waals surface area contributed by atoms with Gasteiger partial charge >= 0.3 is 0 Å². The van der Waals surface area contributed by atoms with Crippen LogP contribution in [-0.2, 0) is 4.79 Å². The van der Waals surface area contributed by atoms with Crippen LogP contribution < -0.4 is 0 Å². The molecular weight excluding hydrogens is 248 g/mol. The lowest BCUT2D eigenvalue weighted by molar-refractivity contribution is -0.146. The van der Waals surface area contributed by atoms with Gasteiger partial charge in [0.05, 0.1) is 5.54 Å². The molecule has 0 saturated carbocycles. The largest absolute Gasteiger partial charge is 0.338 e. The fraction of sp³-hybridized carbons (Fsp3) is 0.941. The fourth-order valence-electron chi connectivity index (χ4n) is 2.45. The number of carbonyl (C=O) groups is 1. The van der Waals surface area contributed by atoms with E-state index in [0.717, 1.165) is 19.4 Å². The zero-order chi connectivity index (χ0) is 16.4. The minimum atomic E-state index is -0.329. The molecule has 20 heavy (non-hydrogen) atoms. The molecule has 0 spiro atoms. The molecule has 120 valence electrons. The zero-order valence-corrected chi connectivity index (χ0v) is 15.4. The van der Waals surface area contributed by atoms with Crippen molar-refractivity contribution in [2.45, 2.75) is 79.3 Å². The van der Waals surface area contributed by atoms with E-state index in [1.165, 1.54) is 0 Å². The van der Waals surface area contributed by atoms with Crippen LogP contribution in [-0.4, -0.2) is 47.4 Å². The van der Waals surface area contributed by atoms with Gasteiger partial charge in [-0.15, -0.1) is 0 Å². The van der Waals surface area contributed by atoms with Gasteiger partial charge in [0.2, 0.25) is 5.91 Å². The van der Waals surface area contributed by atoms with E-state index in [0.29, 0.717) is 0 Å². The third kappa shape index (κ3) is 4.47. The molecule has 3 nitrogen and oxygen atoms in total. The monoisotopic (exact) mass is 284 g/mol. The summed E-state index contributed by atoms with van der Waals surface area (Å²) in [6, 6.07) is 0. The number of hydrogen-bond donors (Lipinski definition) is 0. The molecule has 0 aromatic rings. The van der Waals surface area contributed by atoms with Crippen LogP contribution in [0.2, 0.25) is 0 Å². The number of likely N-dealkylation sites (N-methyl/N-ethyl adjacent to an activating group) is 2. The van der Waals surface area contributed by atoms with Crippen LogP contribution >= 0.6 is 0 Å². The summed E-state index contributed by atoms with van der Waals surface area (Å²) in [4.78, 5) is 17.0. The summed E-state index contributed by atoms with van der Waals surface area (Å²) in [6.45, 7) is 17.9. The molecule has 0 atom stereocenters. The van der Waals surface area contributed by atoms with Crippen molar-refractivity contribution in [3.63, 3.8) is 0 Å². The molecule has 0 N–H and O–H groups in total. The molecule has 3 heteroatoms. The Hall–Kier alpha value is -0.570. The molecule has 0 aliphatic rings. The van der Waals surface area contributed by atoms with Gasteiger partial charge in [-0.05, 0) is 40.7 Å². The Morgan fingerprint density at radius 3 is 1.55 bits per heavy atom. The highest BCUT2D eigenvalue weighted by molar-refractivity contribution is 5.82.